The fourth-order valence-electron chi connectivity index (χ4n) is 0. The minimum Gasteiger partial charge on any atom is -0.652 e. The number of carbonyl (C=O) groups is 3. The van der Waals surface area contributed by atoms with Crippen molar-refractivity contribution in [3.05, 3.63) is 0 Å². The van der Waals surface area contributed by atoms with Gasteiger partial charge >= 0.3 is 168 Å². The van der Waals surface area contributed by atoms with Crippen LogP contribution in [0.1, 0.15) is 0 Å². The molecule has 0 aliphatic carbocycles. The summed E-state index contributed by atoms with van der Waals surface area (Å²) in [5.74, 6) is 0. The summed E-state index contributed by atoms with van der Waals surface area (Å²) in [7, 11) is 0. The zero-order valence-corrected chi connectivity index (χ0v) is 20.9. The molecule has 0 spiro atoms. The van der Waals surface area contributed by atoms with E-state index in [2.05, 4.69) is 0 Å². The van der Waals surface area contributed by atoms with Crippen LogP contribution in [0.3, 0.4) is 0 Å². The zero-order valence-electron chi connectivity index (χ0n) is 10.7. The maximum atomic E-state index is 8.56. The van der Waals surface area contributed by atoms with Gasteiger partial charge in [-0.2, -0.15) is 0 Å². The Kier molecular flexibility index (Phi) is 162. The van der Waals surface area contributed by atoms with Gasteiger partial charge in [-0.15, -0.1) is 0 Å². The van der Waals surface area contributed by atoms with Crippen LogP contribution in [0.15, 0.2) is 0 Å². The molecule has 88 valence electrons. The number of carbonyl (C=O) groups excluding carboxylic acids is 2. The van der Waals surface area contributed by atoms with Gasteiger partial charge in [-0.05, 0) is 12.3 Å². The number of hydrogen-bond donors (Lipinski definition) is 4. The van der Waals surface area contributed by atoms with Crippen molar-refractivity contribution in [2.45, 2.75) is 0 Å². The molecule has 0 aliphatic rings. The van der Waals surface area contributed by atoms with E-state index in [0.717, 1.165) is 0 Å². The first kappa shape index (κ1) is 58.3. The molecule has 0 saturated carbocycles. The van der Waals surface area contributed by atoms with Crippen molar-refractivity contribution in [1.82, 2.24) is 12.3 Å². The fourth-order valence-corrected chi connectivity index (χ4v) is 0. The molecular formula is C3H8K2N2Na2O9. The van der Waals surface area contributed by atoms with Crippen LogP contribution in [0, 0.1) is 0 Å². The van der Waals surface area contributed by atoms with Gasteiger partial charge in [0.15, 0.2) is 0 Å². The molecular weight excluding hydrogens is 332 g/mol. The second-order valence-electron chi connectivity index (χ2n) is 0.783. The normalized spacial score (nSPS) is 4.00. The predicted molar refractivity (Wildman–Crippen MR) is 31.5 cm³/mol. The van der Waals surface area contributed by atoms with Crippen LogP contribution < -0.4 is 195 Å². The van der Waals surface area contributed by atoms with Gasteiger partial charge in [0.25, 0.3) is 0 Å². The third-order valence-electron chi connectivity index (χ3n) is 0. The molecule has 0 bridgehead atoms. The van der Waals surface area contributed by atoms with Crippen LogP contribution in [0.5, 0.6) is 0 Å². The fraction of sp³-hybridized carbons (Fsp3) is 0. The molecule has 0 aromatic heterocycles. The van der Waals surface area contributed by atoms with E-state index >= 15 is 0 Å². The van der Waals surface area contributed by atoms with Crippen molar-refractivity contribution in [3.8, 4) is 0 Å². The van der Waals surface area contributed by atoms with Crippen LogP contribution in [-0.2, 0) is 0 Å². The van der Waals surface area contributed by atoms with Gasteiger partial charge in [0.2, 0.25) is 0 Å². The van der Waals surface area contributed by atoms with Crippen LogP contribution >= 0.6 is 0 Å². The molecule has 0 unspecified atom stereocenters. The smallest absolute Gasteiger partial charge is 0.652 e. The molecule has 0 atom stereocenters. The van der Waals surface area contributed by atoms with Crippen LogP contribution in [0.2, 0.25) is 0 Å². The quantitative estimate of drug-likeness (QED) is 0.301. The third kappa shape index (κ3) is 683. The Morgan fingerprint density at radius 1 is 0.667 bits per heavy atom. The van der Waals surface area contributed by atoms with Crippen LogP contribution in [0.25, 0.3) is 0 Å². The molecule has 18 heavy (non-hydrogen) atoms. The summed E-state index contributed by atoms with van der Waals surface area (Å²) in [6.45, 7) is 0. The molecule has 0 aromatic rings. The maximum absolute atomic E-state index is 8.56. The molecule has 0 heterocycles. The summed E-state index contributed by atoms with van der Waals surface area (Å²) < 4.78 is 0. The number of carboxylic acid groups (broad SMARTS) is 6. The summed E-state index contributed by atoms with van der Waals surface area (Å²) in [5, 5.41) is 47.3. The summed E-state index contributed by atoms with van der Waals surface area (Å²) in [6, 6.07) is 0. The average molecular weight is 340 g/mol. The van der Waals surface area contributed by atoms with Gasteiger partial charge < -0.3 is 52.5 Å². The Hall–Kier alpha value is 3.00. The van der Waals surface area contributed by atoms with E-state index in [-0.39, 0.29) is 174 Å². The number of hydrogen-bond acceptors (Lipinski definition) is 9. The first-order chi connectivity index (χ1) is 5.20. The second-order valence-corrected chi connectivity index (χ2v) is 0.783. The monoisotopic (exact) mass is 340 g/mol. The zero-order chi connectivity index (χ0) is 10.7. The van der Waals surface area contributed by atoms with Crippen molar-refractivity contribution in [3.63, 3.8) is 0 Å². The van der Waals surface area contributed by atoms with E-state index in [9.17, 15) is 0 Å². The Labute approximate surface area is 232 Å². The van der Waals surface area contributed by atoms with Crippen molar-refractivity contribution in [2.75, 3.05) is 0 Å². The van der Waals surface area contributed by atoms with Crippen molar-refractivity contribution in [2.24, 2.45) is 0 Å². The standard InChI is InChI=1S/3CH2O3.2K.2H3N.2Na/c3*2-1(3)4;;;;;;/h3*(H2,2,3,4);;;2*1H3;;/q;;;2*+1;;;2*+1/p-4. The molecule has 0 aromatic carbocycles. The summed E-state index contributed by atoms with van der Waals surface area (Å²) in [5.41, 5.74) is 0. The predicted octanol–water partition coefficient (Wildman–Crippen LogP) is -16.3. The van der Waals surface area contributed by atoms with E-state index in [1.807, 2.05) is 0 Å². The Bertz CT molecular complexity index is 133. The minimum absolute atomic E-state index is 0. The van der Waals surface area contributed by atoms with Crippen LogP contribution in [-0.4, -0.2) is 28.7 Å². The van der Waals surface area contributed by atoms with E-state index in [0.29, 0.717) is 0 Å². The SMILES string of the molecule is N.N.O=C(O)O.O=C([O-])[O-].O=C([O-])[O-].[K+].[K+].[Na+].[Na+]. The molecule has 15 heteroatoms. The van der Waals surface area contributed by atoms with Gasteiger partial charge in [0.05, 0.1) is 0 Å². The molecule has 0 fully saturated rings. The van der Waals surface area contributed by atoms with Gasteiger partial charge in [0.1, 0.15) is 0 Å². The van der Waals surface area contributed by atoms with Crippen molar-refractivity contribution >= 4 is 18.5 Å². The third-order valence-corrected chi connectivity index (χ3v) is 0. The molecule has 8 N–H and O–H groups in total. The van der Waals surface area contributed by atoms with Crippen LogP contribution in [0.4, 0.5) is 14.4 Å². The Morgan fingerprint density at radius 3 is 0.667 bits per heavy atom. The maximum Gasteiger partial charge on any atom is 1.00 e. The largest absolute Gasteiger partial charge is 1.00 e. The summed E-state index contributed by atoms with van der Waals surface area (Å²) >= 11 is 0. The van der Waals surface area contributed by atoms with Gasteiger partial charge in [-0.25, -0.2) is 4.79 Å². The molecule has 0 radical (unpaired) electrons. The van der Waals surface area contributed by atoms with Gasteiger partial charge in [-0.3, -0.25) is 0 Å². The summed E-state index contributed by atoms with van der Waals surface area (Å²) in [4.78, 5) is 25.2. The van der Waals surface area contributed by atoms with E-state index < -0.39 is 18.5 Å². The second kappa shape index (κ2) is 50.1. The van der Waals surface area contributed by atoms with E-state index in [4.69, 9.17) is 45.0 Å². The molecule has 0 saturated heterocycles. The molecule has 11 nitrogen and oxygen atoms in total. The van der Waals surface area contributed by atoms with Gasteiger partial charge in [0, 0.05) is 0 Å². The van der Waals surface area contributed by atoms with Crippen molar-refractivity contribution < 1.29 is 207 Å². The Balaban J connectivity index is -0.00000000827. The summed E-state index contributed by atoms with van der Waals surface area (Å²) in [6.07, 6.45) is -6.50. The Morgan fingerprint density at radius 2 is 0.667 bits per heavy atom. The van der Waals surface area contributed by atoms with Gasteiger partial charge in [-0.1, -0.05) is 0 Å². The molecule has 0 amide bonds. The first-order valence-electron chi connectivity index (χ1n) is 1.88. The number of rotatable bonds is 0. The molecule has 0 aliphatic heterocycles. The topological polar surface area (TPSA) is 254 Å². The first-order valence-corrected chi connectivity index (χ1v) is 1.88. The average Bonchev–Trinajstić information content (AvgIpc) is 1.54. The van der Waals surface area contributed by atoms with E-state index in [1.54, 1.807) is 0 Å². The molecule has 0 rings (SSSR count). The van der Waals surface area contributed by atoms with Crippen molar-refractivity contribution in [1.29, 1.82) is 0 Å². The van der Waals surface area contributed by atoms with E-state index in [1.165, 1.54) is 0 Å². The minimum atomic E-state index is -2.33.